The summed E-state index contributed by atoms with van der Waals surface area (Å²) in [5.41, 5.74) is 2.48. The average Bonchev–Trinajstić information content (AvgIpc) is 3.56. The van der Waals surface area contributed by atoms with Crippen LogP contribution in [0.4, 0.5) is 5.82 Å². The van der Waals surface area contributed by atoms with Gasteiger partial charge in [-0.2, -0.15) is 15.2 Å². The van der Waals surface area contributed by atoms with Crippen LogP contribution in [0.3, 0.4) is 0 Å². The quantitative estimate of drug-likeness (QED) is 0.334. The van der Waals surface area contributed by atoms with Crippen molar-refractivity contribution in [2.24, 2.45) is 7.05 Å². The van der Waals surface area contributed by atoms with Crippen molar-refractivity contribution in [2.75, 3.05) is 44.7 Å². The van der Waals surface area contributed by atoms with E-state index in [1.807, 2.05) is 35.9 Å². The fraction of sp³-hybridized carbons (Fsp3) is 0.375. The molecule has 216 valence electrons. The van der Waals surface area contributed by atoms with Crippen LogP contribution in [0.15, 0.2) is 55.1 Å². The highest BCUT2D eigenvalue weighted by Crippen LogP contribution is 2.38. The van der Waals surface area contributed by atoms with E-state index in [-0.39, 0.29) is 24.1 Å². The number of aromatic nitrogens is 3. The number of carbonyl (C=O) groups is 1. The molecule has 2 aromatic carbocycles. The first-order valence-electron chi connectivity index (χ1n) is 14.4. The molecule has 2 aliphatic heterocycles. The predicted molar refractivity (Wildman–Crippen MR) is 162 cm³/mol. The Morgan fingerprint density at radius 2 is 1.98 bits per heavy atom. The van der Waals surface area contributed by atoms with Crippen LogP contribution in [0, 0.1) is 11.3 Å². The molecule has 2 atom stereocenters. The second-order valence-electron chi connectivity index (χ2n) is 11.2. The fourth-order valence-electron chi connectivity index (χ4n) is 6.33. The summed E-state index contributed by atoms with van der Waals surface area (Å²) in [4.78, 5) is 28.5. The number of anilines is 1. The van der Waals surface area contributed by atoms with Gasteiger partial charge >= 0.3 is 6.01 Å². The maximum absolute atomic E-state index is 12.5. The van der Waals surface area contributed by atoms with Gasteiger partial charge in [-0.1, -0.05) is 30.8 Å². The molecule has 0 saturated carbocycles. The zero-order chi connectivity index (χ0) is 29.4. The lowest BCUT2D eigenvalue weighted by Gasteiger charge is -2.40. The number of piperazine rings is 1. The number of rotatable bonds is 7. The lowest BCUT2D eigenvalue weighted by atomic mass is 10.0. The van der Waals surface area contributed by atoms with Gasteiger partial charge in [0.05, 0.1) is 29.6 Å². The van der Waals surface area contributed by atoms with Crippen molar-refractivity contribution in [3.63, 3.8) is 0 Å². The number of likely N-dealkylation sites (N-methyl/N-ethyl adjacent to an activating group) is 1. The molecule has 2 aliphatic rings. The van der Waals surface area contributed by atoms with E-state index in [1.54, 1.807) is 17.0 Å². The Morgan fingerprint density at radius 3 is 2.74 bits per heavy atom. The summed E-state index contributed by atoms with van der Waals surface area (Å²) in [5.74, 6) is 0.715. The number of phenols is 1. The van der Waals surface area contributed by atoms with E-state index in [0.717, 1.165) is 46.8 Å². The molecule has 2 fully saturated rings. The van der Waals surface area contributed by atoms with Gasteiger partial charge in [0.15, 0.2) is 0 Å². The summed E-state index contributed by atoms with van der Waals surface area (Å²) in [6.07, 6.45) is 3.72. The number of fused-ring (bicyclic) bond motifs is 2. The molecule has 6 rings (SSSR count). The Hall–Kier alpha value is -4.62. The van der Waals surface area contributed by atoms with E-state index >= 15 is 0 Å². The summed E-state index contributed by atoms with van der Waals surface area (Å²) >= 11 is 0. The van der Waals surface area contributed by atoms with Crippen LogP contribution >= 0.6 is 0 Å². The molecule has 10 nitrogen and oxygen atoms in total. The summed E-state index contributed by atoms with van der Waals surface area (Å²) in [6, 6.07) is 16.1. The Balaban J connectivity index is 1.46. The summed E-state index contributed by atoms with van der Waals surface area (Å²) in [5, 5.41) is 22.9. The number of carbonyl (C=O) groups excluding carboxylic acids is 1. The van der Waals surface area contributed by atoms with E-state index in [9.17, 15) is 15.2 Å². The molecule has 0 aliphatic carbocycles. The number of amides is 1. The Morgan fingerprint density at radius 1 is 1.14 bits per heavy atom. The summed E-state index contributed by atoms with van der Waals surface area (Å²) in [7, 11) is 4.07. The highest BCUT2D eigenvalue weighted by Gasteiger charge is 2.32. The molecule has 1 N–H and O–H groups in total. The molecular formula is C32H35N7O3. The molecule has 0 spiro atoms. The molecular weight excluding hydrogens is 530 g/mol. The number of likely N-dealkylation sites (tertiary alicyclic amines) is 1. The minimum absolute atomic E-state index is 0.176. The van der Waals surface area contributed by atoms with Gasteiger partial charge in [-0.05, 0) is 61.5 Å². The number of hydrogen-bond donors (Lipinski definition) is 1. The molecule has 42 heavy (non-hydrogen) atoms. The SMILES string of the molecule is C=CC(=O)N1CCN(c2nc(OC[C@@H]3CCCN3C)nc3c2cc(-c2cc(O)cc4ccccc24)n3C)C[C@@H]1CC#N. The maximum Gasteiger partial charge on any atom is 0.320 e. The van der Waals surface area contributed by atoms with Crippen LogP contribution in [0.25, 0.3) is 33.1 Å². The van der Waals surface area contributed by atoms with E-state index in [4.69, 9.17) is 14.7 Å². The van der Waals surface area contributed by atoms with Gasteiger partial charge in [0, 0.05) is 38.3 Å². The number of hydrogen-bond acceptors (Lipinski definition) is 8. The molecule has 4 heterocycles. The van der Waals surface area contributed by atoms with Crippen LogP contribution in [0.5, 0.6) is 11.8 Å². The lowest BCUT2D eigenvalue weighted by molar-refractivity contribution is -0.128. The molecule has 4 aromatic rings. The maximum atomic E-state index is 12.5. The Kier molecular flexibility index (Phi) is 7.43. The number of aryl methyl sites for hydroxylation is 1. The van der Waals surface area contributed by atoms with Crippen LogP contribution in [0.1, 0.15) is 19.3 Å². The number of nitriles is 1. The van der Waals surface area contributed by atoms with Crippen molar-refractivity contribution < 1.29 is 14.6 Å². The molecule has 1 amide bonds. The largest absolute Gasteiger partial charge is 0.508 e. The van der Waals surface area contributed by atoms with Gasteiger partial charge in [-0.15, -0.1) is 0 Å². The fourth-order valence-corrected chi connectivity index (χ4v) is 6.33. The molecule has 0 radical (unpaired) electrons. The Labute approximate surface area is 245 Å². The van der Waals surface area contributed by atoms with Gasteiger partial charge in [0.1, 0.15) is 23.8 Å². The molecule has 2 aromatic heterocycles. The second kappa shape index (κ2) is 11.3. The van der Waals surface area contributed by atoms with Crippen LogP contribution < -0.4 is 9.64 Å². The zero-order valence-corrected chi connectivity index (χ0v) is 24.0. The highest BCUT2D eigenvalue weighted by molar-refractivity contribution is 6.01. The van der Waals surface area contributed by atoms with E-state index < -0.39 is 0 Å². The average molecular weight is 566 g/mol. The predicted octanol–water partition coefficient (Wildman–Crippen LogP) is 4.08. The van der Waals surface area contributed by atoms with Crippen LogP contribution in [0.2, 0.25) is 0 Å². The standard InChI is InChI=1S/C32H35N7O3/c1-4-29(41)39-15-14-38(19-22(39)11-12-33)31-27-18-28(26-17-24(40)16-21-8-5-6-10-25(21)26)37(3)30(27)34-32(35-31)42-20-23-9-7-13-36(23)2/h4-6,8,10,16-18,22-23,40H,1,7,9,11,13-15,19-20H2,2-3H3/t22-,23-/m0/s1. The van der Waals surface area contributed by atoms with Crippen molar-refractivity contribution >= 4 is 33.5 Å². The highest BCUT2D eigenvalue weighted by atomic mass is 16.5. The number of phenolic OH excluding ortho intramolecular Hbond substituents is 1. The first-order chi connectivity index (χ1) is 20.4. The first-order valence-corrected chi connectivity index (χ1v) is 14.4. The Bertz CT molecular complexity index is 1710. The minimum Gasteiger partial charge on any atom is -0.508 e. The smallest absolute Gasteiger partial charge is 0.320 e. The zero-order valence-electron chi connectivity index (χ0n) is 24.0. The van der Waals surface area contributed by atoms with E-state index in [1.165, 1.54) is 6.08 Å². The van der Waals surface area contributed by atoms with Gasteiger partial charge in [0.25, 0.3) is 0 Å². The number of benzene rings is 2. The summed E-state index contributed by atoms with van der Waals surface area (Å²) in [6.45, 7) is 6.62. The number of nitrogens with zero attached hydrogens (tertiary/aromatic N) is 7. The monoisotopic (exact) mass is 565 g/mol. The van der Waals surface area contributed by atoms with Crippen LogP contribution in [-0.4, -0.2) is 87.3 Å². The summed E-state index contributed by atoms with van der Waals surface area (Å²) < 4.78 is 8.25. The second-order valence-corrected chi connectivity index (χ2v) is 11.2. The normalized spacial score (nSPS) is 19.4. The van der Waals surface area contributed by atoms with Crippen molar-refractivity contribution in [1.29, 1.82) is 5.26 Å². The number of aromatic hydroxyl groups is 1. The van der Waals surface area contributed by atoms with Gasteiger partial charge in [-0.25, -0.2) is 0 Å². The molecule has 0 bridgehead atoms. The van der Waals surface area contributed by atoms with Crippen molar-refractivity contribution in [3.05, 3.63) is 55.1 Å². The van der Waals surface area contributed by atoms with Crippen molar-refractivity contribution in [1.82, 2.24) is 24.3 Å². The third kappa shape index (κ3) is 5.01. The van der Waals surface area contributed by atoms with Crippen molar-refractivity contribution in [3.8, 4) is 29.1 Å². The third-order valence-corrected chi connectivity index (χ3v) is 8.61. The van der Waals surface area contributed by atoms with E-state index in [2.05, 4.69) is 35.6 Å². The molecule has 0 unspecified atom stereocenters. The van der Waals surface area contributed by atoms with Crippen LogP contribution in [-0.2, 0) is 11.8 Å². The number of ether oxygens (including phenoxy) is 1. The van der Waals surface area contributed by atoms with Gasteiger partial charge in [0.2, 0.25) is 5.91 Å². The third-order valence-electron chi connectivity index (χ3n) is 8.61. The topological polar surface area (TPSA) is 111 Å². The minimum atomic E-state index is -0.297. The van der Waals surface area contributed by atoms with Gasteiger partial charge < -0.3 is 29.1 Å². The lowest BCUT2D eigenvalue weighted by Crippen LogP contribution is -2.55. The van der Waals surface area contributed by atoms with E-state index in [0.29, 0.717) is 49.8 Å². The van der Waals surface area contributed by atoms with Crippen molar-refractivity contribution in [2.45, 2.75) is 31.3 Å². The molecule has 10 heteroatoms. The first kappa shape index (κ1) is 27.5. The van der Waals surface area contributed by atoms with Gasteiger partial charge in [-0.3, -0.25) is 4.79 Å². The molecule has 2 saturated heterocycles.